The molecule has 0 aliphatic carbocycles. The van der Waals surface area contributed by atoms with Crippen LogP contribution in [0.15, 0.2) is 75.9 Å². The Bertz CT molecular complexity index is 1140. The maximum absolute atomic E-state index is 12.6. The van der Waals surface area contributed by atoms with Crippen LogP contribution in [0.1, 0.15) is 10.8 Å². The Morgan fingerprint density at radius 2 is 1.38 bits per heavy atom. The summed E-state index contributed by atoms with van der Waals surface area (Å²) >= 11 is 0. The van der Waals surface area contributed by atoms with Gasteiger partial charge < -0.3 is 0 Å². The summed E-state index contributed by atoms with van der Waals surface area (Å²) in [5.74, 6) is -0.865. The van der Waals surface area contributed by atoms with Gasteiger partial charge in [-0.1, -0.05) is 36.4 Å². The Morgan fingerprint density at radius 1 is 0.808 bits per heavy atom. The predicted octanol–water partition coefficient (Wildman–Crippen LogP) is 1.92. The molecule has 1 aliphatic heterocycles. The van der Waals surface area contributed by atoms with E-state index >= 15 is 0 Å². The maximum atomic E-state index is 12.6. The Kier molecular flexibility index (Phi) is 4.80. The van der Waals surface area contributed by atoms with E-state index in [2.05, 4.69) is 0 Å². The van der Waals surface area contributed by atoms with E-state index in [-0.39, 0.29) is 21.1 Å². The minimum atomic E-state index is -3.79. The van der Waals surface area contributed by atoms with Crippen LogP contribution in [0, 0.1) is 0 Å². The monoisotopic (exact) mass is 412 g/mol. The van der Waals surface area contributed by atoms with Crippen molar-refractivity contribution in [2.45, 2.75) is 15.0 Å². The summed E-state index contributed by atoms with van der Waals surface area (Å²) in [4.78, 5) is 0.136. The molecule has 0 N–H and O–H groups in total. The van der Waals surface area contributed by atoms with Crippen molar-refractivity contribution in [3.05, 3.63) is 71.6 Å². The van der Waals surface area contributed by atoms with Gasteiger partial charge in [-0.3, -0.25) is 0 Å². The molecule has 0 fully saturated rings. The van der Waals surface area contributed by atoms with Gasteiger partial charge in [0.1, 0.15) is 5.25 Å². The molecule has 2 aromatic rings. The molecule has 1 heterocycles. The van der Waals surface area contributed by atoms with Gasteiger partial charge in [0.05, 0.1) is 21.3 Å². The Labute approximate surface area is 152 Å². The summed E-state index contributed by atoms with van der Waals surface area (Å²) in [6.45, 7) is 0. The number of benzene rings is 2. The van der Waals surface area contributed by atoms with Crippen LogP contribution >= 0.6 is 0 Å². The van der Waals surface area contributed by atoms with Crippen molar-refractivity contribution >= 4 is 29.5 Å². The van der Waals surface area contributed by atoms with Crippen LogP contribution < -0.4 is 0 Å². The van der Waals surface area contributed by atoms with Crippen molar-refractivity contribution in [3.8, 4) is 0 Å². The lowest BCUT2D eigenvalue weighted by atomic mass is 10.2. The molecule has 0 aromatic heterocycles. The van der Waals surface area contributed by atoms with Gasteiger partial charge in [0.25, 0.3) is 0 Å². The van der Waals surface area contributed by atoms with Crippen molar-refractivity contribution in [2.24, 2.45) is 0 Å². The topological polar surface area (TPSA) is 102 Å². The van der Waals surface area contributed by atoms with E-state index < -0.39 is 40.5 Å². The van der Waals surface area contributed by atoms with E-state index in [4.69, 9.17) is 0 Å². The highest BCUT2D eigenvalue weighted by atomic mass is 32.2. The smallest absolute Gasteiger partial charge is 0.206 e. The second kappa shape index (κ2) is 6.64. The average molecular weight is 413 g/mol. The molecule has 9 heteroatoms. The summed E-state index contributed by atoms with van der Waals surface area (Å²) in [7, 11) is -11.1. The van der Waals surface area contributed by atoms with Crippen molar-refractivity contribution in [3.63, 3.8) is 0 Å². The molecule has 1 unspecified atom stereocenters. The minimum Gasteiger partial charge on any atom is -0.228 e. The molecule has 0 radical (unpaired) electrons. The molecule has 0 spiro atoms. The molecule has 6 nitrogen and oxygen atoms in total. The second-order valence-corrected chi connectivity index (χ2v) is 12.0. The third-order valence-corrected chi connectivity index (χ3v) is 9.40. The second-order valence-electron chi connectivity index (χ2n) is 5.91. The van der Waals surface area contributed by atoms with Gasteiger partial charge in [0.2, 0.25) is 9.84 Å². The molecule has 26 heavy (non-hydrogen) atoms. The van der Waals surface area contributed by atoms with Gasteiger partial charge in [-0.2, -0.15) is 0 Å². The fourth-order valence-electron chi connectivity index (χ4n) is 2.69. The largest absolute Gasteiger partial charge is 0.228 e. The summed E-state index contributed by atoms with van der Waals surface area (Å²) in [6.07, 6.45) is 1.12. The average Bonchev–Trinajstić information content (AvgIpc) is 2.71. The highest BCUT2D eigenvalue weighted by Crippen LogP contribution is 2.30. The molecular formula is C17H16O6S3. The number of hydrogen-bond donors (Lipinski definition) is 0. The van der Waals surface area contributed by atoms with E-state index in [1.165, 1.54) is 36.4 Å². The number of hydrogen-bond acceptors (Lipinski definition) is 6. The number of sulfone groups is 3. The summed E-state index contributed by atoms with van der Waals surface area (Å²) in [6, 6.07) is 13.2. The van der Waals surface area contributed by atoms with E-state index in [9.17, 15) is 25.3 Å². The van der Waals surface area contributed by atoms with Crippen molar-refractivity contribution in [1.29, 1.82) is 0 Å². The zero-order valence-corrected chi connectivity index (χ0v) is 16.0. The third-order valence-electron chi connectivity index (χ3n) is 4.05. The van der Waals surface area contributed by atoms with Crippen molar-refractivity contribution in [1.82, 2.24) is 0 Å². The molecule has 2 aromatic carbocycles. The molecule has 0 amide bonds. The zero-order chi connectivity index (χ0) is 19.0. The van der Waals surface area contributed by atoms with Gasteiger partial charge in [-0.15, -0.1) is 0 Å². The van der Waals surface area contributed by atoms with Gasteiger partial charge >= 0.3 is 0 Å². The molecule has 138 valence electrons. The highest BCUT2D eigenvalue weighted by molar-refractivity contribution is 7.97. The van der Waals surface area contributed by atoms with Gasteiger partial charge in [0.15, 0.2) is 19.7 Å². The van der Waals surface area contributed by atoms with E-state index in [1.807, 2.05) is 0 Å². The lowest BCUT2D eigenvalue weighted by molar-refractivity contribution is 0.584. The van der Waals surface area contributed by atoms with Crippen LogP contribution in [0.2, 0.25) is 0 Å². The van der Waals surface area contributed by atoms with Gasteiger partial charge in [-0.05, 0) is 29.8 Å². The molecule has 1 atom stereocenters. The molecule has 1 aliphatic rings. The van der Waals surface area contributed by atoms with Crippen LogP contribution in [0.3, 0.4) is 0 Å². The summed E-state index contributed by atoms with van der Waals surface area (Å²) in [5, 5.41) is -0.337. The normalized spacial score (nSPS) is 21.8. The predicted molar refractivity (Wildman–Crippen MR) is 97.8 cm³/mol. The summed E-state index contributed by atoms with van der Waals surface area (Å²) < 4.78 is 73.7. The first kappa shape index (κ1) is 18.8. The molecular weight excluding hydrogens is 396 g/mol. The van der Waals surface area contributed by atoms with Gasteiger partial charge in [0, 0.05) is 5.41 Å². The first-order valence-corrected chi connectivity index (χ1v) is 12.5. The first-order chi connectivity index (χ1) is 12.1. The minimum absolute atomic E-state index is 0.0110. The molecule has 0 saturated heterocycles. The van der Waals surface area contributed by atoms with Crippen molar-refractivity contribution in [2.75, 3.05) is 11.5 Å². The fourth-order valence-corrected chi connectivity index (χ4v) is 7.75. The number of rotatable bonds is 3. The maximum Gasteiger partial charge on any atom is 0.206 e. The van der Waals surface area contributed by atoms with Crippen LogP contribution in [-0.2, 0) is 29.5 Å². The van der Waals surface area contributed by atoms with E-state index in [0.717, 1.165) is 11.5 Å². The quantitative estimate of drug-likeness (QED) is 0.763. The lowest BCUT2D eigenvalue weighted by Crippen LogP contribution is -2.20. The summed E-state index contributed by atoms with van der Waals surface area (Å²) in [5.41, 5.74) is 0.243. The van der Waals surface area contributed by atoms with Crippen molar-refractivity contribution < 1.29 is 25.3 Å². The molecule has 0 bridgehead atoms. The lowest BCUT2D eigenvalue weighted by Gasteiger charge is -2.14. The Hall–Kier alpha value is -1.97. The standard InChI is InChI=1S/C17H16O6S3/c18-24(19)11-4-12-25(20,21)17(13-24)14-7-9-16(10-8-14)26(22,23)15-5-2-1-3-6-15/h1-10,12,17H,11,13H2. The van der Waals surface area contributed by atoms with Crippen LogP contribution in [0.5, 0.6) is 0 Å². The van der Waals surface area contributed by atoms with Crippen LogP contribution in [0.25, 0.3) is 0 Å². The van der Waals surface area contributed by atoms with E-state index in [0.29, 0.717) is 0 Å². The highest BCUT2D eigenvalue weighted by Gasteiger charge is 2.32. The van der Waals surface area contributed by atoms with Crippen LogP contribution in [0.4, 0.5) is 0 Å². The zero-order valence-electron chi connectivity index (χ0n) is 13.5. The first-order valence-electron chi connectivity index (χ1n) is 7.63. The SMILES string of the molecule is O=S1(=O)CC=CS(=O)(=O)C(c2ccc(S(=O)(=O)c3ccccc3)cc2)C1. The van der Waals surface area contributed by atoms with Crippen LogP contribution in [-0.4, -0.2) is 36.8 Å². The Balaban J connectivity index is 2.01. The Morgan fingerprint density at radius 3 is 2.00 bits per heavy atom. The molecule has 3 rings (SSSR count). The van der Waals surface area contributed by atoms with Gasteiger partial charge in [-0.25, -0.2) is 25.3 Å². The fraction of sp³-hybridized carbons (Fsp3) is 0.176. The molecule has 0 saturated carbocycles. The van der Waals surface area contributed by atoms with E-state index in [1.54, 1.807) is 18.2 Å². The third kappa shape index (κ3) is 3.74.